The minimum atomic E-state index is -0.725. The second-order valence-corrected chi connectivity index (χ2v) is 11.3. The van der Waals surface area contributed by atoms with Crippen molar-refractivity contribution >= 4 is 17.1 Å². The second kappa shape index (κ2) is 9.96. The number of hydrogen-bond donors (Lipinski definition) is 2. The Bertz CT molecular complexity index is 1650. The number of carbonyl (C=O) groups is 1. The minimum Gasteiger partial charge on any atom is -0.390 e. The van der Waals surface area contributed by atoms with Crippen molar-refractivity contribution in [3.63, 3.8) is 0 Å². The maximum absolute atomic E-state index is 12.9. The summed E-state index contributed by atoms with van der Waals surface area (Å²) in [4.78, 5) is 22.3. The number of aryl methyl sites for hydroxylation is 2. The molecule has 39 heavy (non-hydrogen) atoms. The van der Waals surface area contributed by atoms with Crippen molar-refractivity contribution in [2.24, 2.45) is 0 Å². The molecule has 1 aliphatic carbocycles. The molecule has 0 saturated heterocycles. The molecule has 1 saturated carbocycles. The van der Waals surface area contributed by atoms with Gasteiger partial charge in [0.05, 0.1) is 53.7 Å². The summed E-state index contributed by atoms with van der Waals surface area (Å²) in [6.07, 6.45) is 16.2. The summed E-state index contributed by atoms with van der Waals surface area (Å²) < 4.78 is 5.82. The van der Waals surface area contributed by atoms with Gasteiger partial charge in [0.1, 0.15) is 5.65 Å². The summed E-state index contributed by atoms with van der Waals surface area (Å²) in [5.41, 5.74) is 7.14. The van der Waals surface area contributed by atoms with Crippen LogP contribution in [0.2, 0.25) is 0 Å². The van der Waals surface area contributed by atoms with Crippen LogP contribution < -0.4 is 5.32 Å². The molecule has 9 nitrogen and oxygen atoms in total. The van der Waals surface area contributed by atoms with E-state index in [1.54, 1.807) is 23.4 Å². The molecule has 0 unspecified atom stereocenters. The Morgan fingerprint density at radius 3 is 2.79 bits per heavy atom. The number of imidazole rings is 2. The lowest BCUT2D eigenvalue weighted by molar-refractivity contribution is 0.0714. The maximum Gasteiger partial charge on any atom is 0.254 e. The molecular formula is C30H35N7O2. The van der Waals surface area contributed by atoms with Gasteiger partial charge in [-0.1, -0.05) is 13.0 Å². The van der Waals surface area contributed by atoms with Gasteiger partial charge in [0.25, 0.3) is 5.91 Å². The van der Waals surface area contributed by atoms with Crippen LogP contribution in [-0.4, -0.2) is 45.2 Å². The van der Waals surface area contributed by atoms with Gasteiger partial charge in [0, 0.05) is 24.8 Å². The Hall–Kier alpha value is -3.98. The predicted octanol–water partition coefficient (Wildman–Crippen LogP) is 4.30. The third-order valence-electron chi connectivity index (χ3n) is 7.48. The normalized spacial score (nSPS) is 13.9. The van der Waals surface area contributed by atoms with Crippen LogP contribution in [0.15, 0.2) is 55.5 Å². The molecule has 5 aromatic heterocycles. The molecule has 5 aromatic rings. The zero-order chi connectivity index (χ0) is 27.1. The van der Waals surface area contributed by atoms with Gasteiger partial charge < -0.3 is 19.2 Å². The van der Waals surface area contributed by atoms with E-state index in [0.29, 0.717) is 31.0 Å². The number of nitrogens with zero attached hydrogens (tertiary/aromatic N) is 6. The lowest BCUT2D eigenvalue weighted by atomic mass is 9.98. The first-order chi connectivity index (χ1) is 18.8. The van der Waals surface area contributed by atoms with Crippen LogP contribution >= 0.6 is 0 Å². The fourth-order valence-corrected chi connectivity index (χ4v) is 5.03. The number of pyridine rings is 2. The lowest BCUT2D eigenvalue weighted by Gasteiger charge is -2.17. The summed E-state index contributed by atoms with van der Waals surface area (Å²) in [5, 5.41) is 17.7. The first-order valence-electron chi connectivity index (χ1n) is 13.7. The first-order valence-corrected chi connectivity index (χ1v) is 13.7. The molecule has 1 fully saturated rings. The molecule has 2 N–H and O–H groups in total. The molecule has 0 atom stereocenters. The van der Waals surface area contributed by atoms with E-state index in [-0.39, 0.29) is 5.91 Å². The third-order valence-corrected chi connectivity index (χ3v) is 7.48. The Morgan fingerprint density at radius 1 is 1.18 bits per heavy atom. The monoisotopic (exact) mass is 525 g/mol. The smallest absolute Gasteiger partial charge is 0.254 e. The molecule has 0 spiro atoms. The van der Waals surface area contributed by atoms with Crippen molar-refractivity contribution in [3.8, 4) is 0 Å². The molecule has 6 rings (SSSR count). The van der Waals surface area contributed by atoms with Gasteiger partial charge in [0.15, 0.2) is 0 Å². The Balaban J connectivity index is 1.15. The number of aliphatic hydroxyl groups is 1. The van der Waals surface area contributed by atoms with E-state index in [9.17, 15) is 9.90 Å². The highest BCUT2D eigenvalue weighted by molar-refractivity contribution is 5.93. The zero-order valence-corrected chi connectivity index (χ0v) is 22.8. The molecule has 0 bridgehead atoms. The van der Waals surface area contributed by atoms with Crippen LogP contribution in [0.4, 0.5) is 0 Å². The quantitative estimate of drug-likeness (QED) is 0.283. The van der Waals surface area contributed by atoms with Gasteiger partial charge in [0.2, 0.25) is 0 Å². The van der Waals surface area contributed by atoms with E-state index in [1.165, 1.54) is 24.0 Å². The van der Waals surface area contributed by atoms with Gasteiger partial charge in [-0.3, -0.25) is 9.48 Å². The number of amides is 1. The molecule has 0 aromatic carbocycles. The number of aromatic nitrogens is 6. The average Bonchev–Trinajstić information content (AvgIpc) is 3.32. The van der Waals surface area contributed by atoms with Gasteiger partial charge >= 0.3 is 0 Å². The van der Waals surface area contributed by atoms with E-state index in [4.69, 9.17) is 4.98 Å². The Kier molecular flexibility index (Phi) is 6.46. The van der Waals surface area contributed by atoms with Crippen LogP contribution in [0.5, 0.6) is 0 Å². The molecule has 202 valence electrons. The Morgan fingerprint density at radius 2 is 2.03 bits per heavy atom. The molecule has 0 radical (unpaired) electrons. The number of fused-ring (bicyclic) bond motifs is 2. The highest BCUT2D eigenvalue weighted by Gasteiger charge is 2.25. The van der Waals surface area contributed by atoms with Crippen LogP contribution in [0.1, 0.15) is 84.4 Å². The van der Waals surface area contributed by atoms with Gasteiger partial charge in [-0.05, 0) is 80.7 Å². The van der Waals surface area contributed by atoms with E-state index in [0.717, 1.165) is 41.0 Å². The fraction of sp³-hybridized carbons (Fsp3) is 0.400. The maximum atomic E-state index is 12.9. The predicted molar refractivity (Wildman–Crippen MR) is 149 cm³/mol. The van der Waals surface area contributed by atoms with E-state index in [2.05, 4.69) is 51.1 Å². The highest BCUT2D eigenvalue weighted by atomic mass is 16.3. The SMILES string of the molecule is CCc1ccn2cnc(CNC(=O)c3cnn(Cc4cn5cc(C6CC6)cc(CCC(C)(C)O)c5n4)c3)c2c1. The average molecular weight is 526 g/mol. The topological polar surface area (TPSA) is 102 Å². The lowest BCUT2D eigenvalue weighted by Crippen LogP contribution is -2.22. The van der Waals surface area contributed by atoms with Crippen molar-refractivity contribution in [3.05, 3.63) is 89.2 Å². The van der Waals surface area contributed by atoms with Crippen molar-refractivity contribution in [1.29, 1.82) is 0 Å². The first kappa shape index (κ1) is 25.3. The fourth-order valence-electron chi connectivity index (χ4n) is 5.03. The van der Waals surface area contributed by atoms with Crippen molar-refractivity contribution in [1.82, 2.24) is 33.9 Å². The zero-order valence-electron chi connectivity index (χ0n) is 22.8. The number of nitrogens with one attached hydrogen (secondary N) is 1. The molecule has 0 aliphatic heterocycles. The number of hydrogen-bond acceptors (Lipinski definition) is 5. The van der Waals surface area contributed by atoms with E-state index >= 15 is 0 Å². The Labute approximate surface area is 227 Å². The van der Waals surface area contributed by atoms with Crippen molar-refractivity contribution in [2.45, 2.75) is 77.5 Å². The van der Waals surface area contributed by atoms with E-state index < -0.39 is 5.60 Å². The molecule has 9 heteroatoms. The highest BCUT2D eigenvalue weighted by Crippen LogP contribution is 2.40. The van der Waals surface area contributed by atoms with Gasteiger partial charge in [-0.25, -0.2) is 9.97 Å². The third kappa shape index (κ3) is 5.59. The summed E-state index contributed by atoms with van der Waals surface area (Å²) in [5.74, 6) is 0.439. The molecular weight excluding hydrogens is 490 g/mol. The summed E-state index contributed by atoms with van der Waals surface area (Å²) >= 11 is 0. The van der Waals surface area contributed by atoms with Gasteiger partial charge in [-0.2, -0.15) is 5.10 Å². The standard InChI is InChI=1S/C30H35N7O2/c1-4-20-8-10-35-19-32-26(27(35)11-20)14-31-29(38)24-13-33-37(16-24)18-25-17-36-15-23(21-5-6-21)12-22(28(36)34-25)7-9-30(2,3)39/h8,10-13,15-17,19,21,39H,4-7,9,14,18H2,1-3H3,(H,31,38). The van der Waals surface area contributed by atoms with Crippen LogP contribution in [-0.2, 0) is 25.9 Å². The number of carbonyl (C=O) groups excluding carboxylic acids is 1. The molecule has 1 amide bonds. The minimum absolute atomic E-state index is 0.188. The molecule has 5 heterocycles. The van der Waals surface area contributed by atoms with Crippen LogP contribution in [0.25, 0.3) is 11.2 Å². The van der Waals surface area contributed by atoms with Crippen LogP contribution in [0, 0.1) is 0 Å². The summed E-state index contributed by atoms with van der Waals surface area (Å²) in [7, 11) is 0. The number of rotatable bonds is 10. The molecule has 1 aliphatic rings. The van der Waals surface area contributed by atoms with Crippen LogP contribution in [0.3, 0.4) is 0 Å². The van der Waals surface area contributed by atoms with Crippen molar-refractivity contribution < 1.29 is 9.90 Å². The summed E-state index contributed by atoms with van der Waals surface area (Å²) in [6.45, 7) is 6.62. The summed E-state index contributed by atoms with van der Waals surface area (Å²) in [6, 6.07) is 6.46. The second-order valence-electron chi connectivity index (χ2n) is 11.3. The van der Waals surface area contributed by atoms with E-state index in [1.807, 2.05) is 30.6 Å². The largest absolute Gasteiger partial charge is 0.390 e. The van der Waals surface area contributed by atoms with Gasteiger partial charge in [-0.15, -0.1) is 0 Å². The van der Waals surface area contributed by atoms with Crippen molar-refractivity contribution in [2.75, 3.05) is 0 Å².